The van der Waals surface area contributed by atoms with E-state index in [9.17, 15) is 9.18 Å². The van der Waals surface area contributed by atoms with Crippen LogP contribution in [-0.2, 0) is 0 Å². The van der Waals surface area contributed by atoms with E-state index >= 15 is 0 Å². The largest absolute Gasteiger partial charge is 0.478 e. The van der Waals surface area contributed by atoms with Crippen LogP contribution in [0.25, 0.3) is 0 Å². The average molecular weight is 170 g/mol. The summed E-state index contributed by atoms with van der Waals surface area (Å²) in [6.45, 7) is 0. The highest BCUT2D eigenvalue weighted by molar-refractivity contribution is 5.90. The zero-order chi connectivity index (χ0) is 9.30. The Labute approximate surface area is 67.6 Å². The molecule has 1 aromatic rings. The number of nitrogen functional groups attached to an aromatic ring is 2. The van der Waals surface area contributed by atoms with Gasteiger partial charge in [0.1, 0.15) is 5.82 Å². The minimum absolute atomic E-state index is 0.0626. The normalized spacial score (nSPS) is 9.75. The van der Waals surface area contributed by atoms with Crippen LogP contribution < -0.4 is 11.5 Å². The van der Waals surface area contributed by atoms with E-state index < -0.39 is 11.8 Å². The lowest BCUT2D eigenvalue weighted by Crippen LogP contribution is -2.03. The molecular formula is C7H7FN2O2. The van der Waals surface area contributed by atoms with Crippen molar-refractivity contribution in [3.63, 3.8) is 0 Å². The van der Waals surface area contributed by atoms with Crippen molar-refractivity contribution in [2.24, 2.45) is 0 Å². The number of carboxylic acid groups (broad SMARTS) is 1. The first-order valence-corrected chi connectivity index (χ1v) is 3.10. The summed E-state index contributed by atoms with van der Waals surface area (Å²) in [6, 6.07) is 1.94. The quantitative estimate of drug-likeness (QED) is 0.541. The van der Waals surface area contributed by atoms with Gasteiger partial charge in [0.15, 0.2) is 0 Å². The molecule has 0 aromatic heterocycles. The van der Waals surface area contributed by atoms with Crippen molar-refractivity contribution in [1.29, 1.82) is 0 Å². The van der Waals surface area contributed by atoms with Crippen LogP contribution in [0.5, 0.6) is 0 Å². The third-order valence-electron chi connectivity index (χ3n) is 1.41. The molecule has 64 valence electrons. The first-order chi connectivity index (χ1) is 5.52. The van der Waals surface area contributed by atoms with Gasteiger partial charge in [0.2, 0.25) is 0 Å². The Morgan fingerprint density at radius 2 is 2.00 bits per heavy atom. The van der Waals surface area contributed by atoms with Crippen molar-refractivity contribution >= 4 is 17.3 Å². The van der Waals surface area contributed by atoms with Gasteiger partial charge in [0.05, 0.1) is 16.9 Å². The van der Waals surface area contributed by atoms with E-state index in [-0.39, 0.29) is 16.9 Å². The van der Waals surface area contributed by atoms with E-state index in [0.29, 0.717) is 0 Å². The van der Waals surface area contributed by atoms with Crippen LogP contribution in [0.4, 0.5) is 15.8 Å². The van der Waals surface area contributed by atoms with E-state index in [2.05, 4.69) is 0 Å². The molecule has 0 saturated heterocycles. The van der Waals surface area contributed by atoms with Crippen LogP contribution in [0, 0.1) is 5.82 Å². The Balaban J connectivity index is 3.31. The fraction of sp³-hybridized carbons (Fsp3) is 0. The Bertz CT molecular complexity index is 315. The maximum atomic E-state index is 12.7. The number of rotatable bonds is 1. The molecule has 4 nitrogen and oxygen atoms in total. The second-order valence-electron chi connectivity index (χ2n) is 2.27. The molecule has 0 atom stereocenters. The second kappa shape index (κ2) is 2.69. The maximum Gasteiger partial charge on any atom is 0.335 e. The van der Waals surface area contributed by atoms with Crippen molar-refractivity contribution in [3.8, 4) is 0 Å². The van der Waals surface area contributed by atoms with Crippen molar-refractivity contribution in [2.45, 2.75) is 0 Å². The lowest BCUT2D eigenvalue weighted by atomic mass is 10.1. The standard InChI is InChI=1S/C7H7FN2O2/c8-4-1-3(7(11)12)2-5(9)6(4)10/h1-2H,9-10H2,(H,11,12). The molecule has 0 unspecified atom stereocenters. The van der Waals surface area contributed by atoms with Crippen LogP contribution in [0.2, 0.25) is 0 Å². The molecule has 0 radical (unpaired) electrons. The highest BCUT2D eigenvalue weighted by atomic mass is 19.1. The third-order valence-corrected chi connectivity index (χ3v) is 1.41. The molecule has 0 saturated carbocycles. The molecule has 1 aromatic carbocycles. The Hall–Kier alpha value is -1.78. The summed E-state index contributed by atoms with van der Waals surface area (Å²) in [6.07, 6.45) is 0. The van der Waals surface area contributed by atoms with Gasteiger partial charge >= 0.3 is 5.97 Å². The predicted molar refractivity (Wildman–Crippen MR) is 42.2 cm³/mol. The molecular weight excluding hydrogens is 163 g/mol. The van der Waals surface area contributed by atoms with Crippen LogP contribution in [0.3, 0.4) is 0 Å². The van der Waals surface area contributed by atoms with E-state index in [1.54, 1.807) is 0 Å². The van der Waals surface area contributed by atoms with Crippen LogP contribution >= 0.6 is 0 Å². The fourth-order valence-corrected chi connectivity index (χ4v) is 0.763. The van der Waals surface area contributed by atoms with E-state index in [1.165, 1.54) is 0 Å². The van der Waals surface area contributed by atoms with Crippen LogP contribution in [0.1, 0.15) is 10.4 Å². The van der Waals surface area contributed by atoms with Gasteiger partial charge in [-0.15, -0.1) is 0 Å². The van der Waals surface area contributed by atoms with E-state index in [4.69, 9.17) is 16.6 Å². The molecule has 0 bridgehead atoms. The highest BCUT2D eigenvalue weighted by Crippen LogP contribution is 2.20. The second-order valence-corrected chi connectivity index (χ2v) is 2.27. The average Bonchev–Trinajstić information content (AvgIpc) is 1.99. The van der Waals surface area contributed by atoms with Gasteiger partial charge in [-0.2, -0.15) is 0 Å². The maximum absolute atomic E-state index is 12.7. The molecule has 0 aliphatic heterocycles. The van der Waals surface area contributed by atoms with Crippen molar-refractivity contribution in [1.82, 2.24) is 0 Å². The Morgan fingerprint density at radius 3 is 2.42 bits per heavy atom. The molecule has 12 heavy (non-hydrogen) atoms. The summed E-state index contributed by atoms with van der Waals surface area (Å²) in [5.74, 6) is -2.05. The van der Waals surface area contributed by atoms with E-state index in [1.807, 2.05) is 0 Å². The lowest BCUT2D eigenvalue weighted by molar-refractivity contribution is 0.0696. The van der Waals surface area contributed by atoms with Crippen LogP contribution in [-0.4, -0.2) is 11.1 Å². The number of carboxylic acids is 1. The number of hydrogen-bond donors (Lipinski definition) is 3. The molecule has 0 spiro atoms. The molecule has 1 rings (SSSR count). The highest BCUT2D eigenvalue weighted by Gasteiger charge is 2.09. The lowest BCUT2D eigenvalue weighted by Gasteiger charge is -2.02. The van der Waals surface area contributed by atoms with Gasteiger partial charge in [-0.25, -0.2) is 9.18 Å². The number of hydrogen-bond acceptors (Lipinski definition) is 3. The minimum atomic E-state index is -1.24. The number of aromatic carboxylic acids is 1. The summed E-state index contributed by atoms with van der Waals surface area (Å²) in [5, 5.41) is 8.46. The monoisotopic (exact) mass is 170 g/mol. The molecule has 0 aliphatic carbocycles. The number of halogens is 1. The van der Waals surface area contributed by atoms with Crippen molar-refractivity contribution in [2.75, 3.05) is 11.5 Å². The summed E-state index contributed by atoms with van der Waals surface area (Å²) < 4.78 is 12.7. The Morgan fingerprint density at radius 1 is 1.42 bits per heavy atom. The van der Waals surface area contributed by atoms with Gasteiger partial charge in [0, 0.05) is 0 Å². The Kier molecular flexibility index (Phi) is 1.86. The first-order valence-electron chi connectivity index (χ1n) is 3.10. The fourth-order valence-electron chi connectivity index (χ4n) is 0.763. The zero-order valence-electron chi connectivity index (χ0n) is 6.04. The summed E-state index contributed by atoms with van der Waals surface area (Å²) >= 11 is 0. The third kappa shape index (κ3) is 1.29. The van der Waals surface area contributed by atoms with Gasteiger partial charge in [0.25, 0.3) is 0 Å². The first kappa shape index (κ1) is 8.32. The molecule has 0 amide bonds. The SMILES string of the molecule is Nc1cc(C(=O)O)cc(F)c1N. The molecule has 0 heterocycles. The van der Waals surface area contributed by atoms with Gasteiger partial charge in [-0.05, 0) is 12.1 Å². The number of anilines is 2. The minimum Gasteiger partial charge on any atom is -0.478 e. The van der Waals surface area contributed by atoms with Crippen molar-refractivity contribution < 1.29 is 14.3 Å². The molecule has 5 heteroatoms. The molecule has 0 fully saturated rings. The molecule has 5 N–H and O–H groups in total. The van der Waals surface area contributed by atoms with Crippen molar-refractivity contribution in [3.05, 3.63) is 23.5 Å². The summed E-state index contributed by atoms with van der Waals surface area (Å²) in [5.41, 5.74) is 9.89. The number of nitrogens with two attached hydrogens (primary N) is 2. The summed E-state index contributed by atoms with van der Waals surface area (Å²) in [7, 11) is 0. The number of benzene rings is 1. The smallest absolute Gasteiger partial charge is 0.335 e. The topological polar surface area (TPSA) is 89.3 Å². The summed E-state index contributed by atoms with van der Waals surface area (Å²) in [4.78, 5) is 10.4. The zero-order valence-corrected chi connectivity index (χ0v) is 6.04. The van der Waals surface area contributed by atoms with E-state index in [0.717, 1.165) is 12.1 Å². The predicted octanol–water partition coefficient (Wildman–Crippen LogP) is 0.688. The van der Waals surface area contributed by atoms with Crippen LogP contribution in [0.15, 0.2) is 12.1 Å². The molecule has 0 aliphatic rings. The number of carbonyl (C=O) groups is 1. The van der Waals surface area contributed by atoms with Gasteiger partial charge in [-0.1, -0.05) is 0 Å². The van der Waals surface area contributed by atoms with Gasteiger partial charge < -0.3 is 16.6 Å². The van der Waals surface area contributed by atoms with Gasteiger partial charge in [-0.3, -0.25) is 0 Å².